The molecule has 0 spiro atoms. The predicted octanol–water partition coefficient (Wildman–Crippen LogP) is 0.436. The normalized spacial score (nSPS) is 12.0. The summed E-state index contributed by atoms with van der Waals surface area (Å²) in [4.78, 5) is 21.1. The van der Waals surface area contributed by atoms with Crippen LogP contribution in [0, 0.1) is 11.3 Å². The van der Waals surface area contributed by atoms with Gasteiger partial charge in [-0.3, -0.25) is 4.79 Å². The van der Waals surface area contributed by atoms with Crippen LogP contribution in [0.15, 0.2) is 12.2 Å². The molecule has 0 heterocycles. The summed E-state index contributed by atoms with van der Waals surface area (Å²) in [5, 5.41) is 19.1. The highest BCUT2D eigenvalue weighted by atomic mass is 16.4. The monoisotopic (exact) mass is 196 g/mol. The van der Waals surface area contributed by atoms with Gasteiger partial charge in [0.05, 0.1) is 12.5 Å². The van der Waals surface area contributed by atoms with Crippen LogP contribution in [0.3, 0.4) is 0 Å². The van der Waals surface area contributed by atoms with Crippen molar-refractivity contribution >= 4 is 11.9 Å². The molecule has 0 radical (unpaired) electrons. The summed E-state index contributed by atoms with van der Waals surface area (Å²) >= 11 is 0. The number of carboxylic acids is 1. The minimum absolute atomic E-state index is 0.217. The van der Waals surface area contributed by atoms with Gasteiger partial charge in [-0.1, -0.05) is 6.92 Å². The van der Waals surface area contributed by atoms with Gasteiger partial charge in [-0.2, -0.15) is 5.26 Å². The molecule has 0 saturated heterocycles. The number of carbonyl (C=O) groups is 2. The molecule has 76 valence electrons. The van der Waals surface area contributed by atoms with E-state index >= 15 is 0 Å². The summed E-state index contributed by atoms with van der Waals surface area (Å²) in [6.07, 6.45) is 2.56. The second kappa shape index (κ2) is 6.66. The molecule has 0 aliphatic carbocycles. The van der Waals surface area contributed by atoms with Gasteiger partial charge in [-0.05, 0) is 6.42 Å². The molecule has 1 atom stereocenters. The molecule has 5 heteroatoms. The number of rotatable bonds is 5. The molecule has 14 heavy (non-hydrogen) atoms. The summed E-state index contributed by atoms with van der Waals surface area (Å²) in [6, 6.07) is 1.72. The van der Waals surface area contributed by atoms with Crippen molar-refractivity contribution in [2.24, 2.45) is 0 Å². The van der Waals surface area contributed by atoms with Crippen LogP contribution in [0.2, 0.25) is 0 Å². The van der Waals surface area contributed by atoms with Gasteiger partial charge in [0, 0.05) is 18.2 Å². The molecule has 1 amide bonds. The van der Waals surface area contributed by atoms with E-state index in [0.29, 0.717) is 6.42 Å². The highest BCUT2D eigenvalue weighted by Crippen LogP contribution is 1.95. The van der Waals surface area contributed by atoms with E-state index in [0.717, 1.165) is 12.2 Å². The zero-order chi connectivity index (χ0) is 11.0. The summed E-state index contributed by atoms with van der Waals surface area (Å²) in [5.74, 6) is -1.66. The van der Waals surface area contributed by atoms with Gasteiger partial charge in [0.2, 0.25) is 5.91 Å². The van der Waals surface area contributed by atoms with E-state index in [1.54, 1.807) is 0 Å². The highest BCUT2D eigenvalue weighted by Gasteiger charge is 2.07. The van der Waals surface area contributed by atoms with Crippen molar-refractivity contribution in [1.82, 2.24) is 5.32 Å². The van der Waals surface area contributed by atoms with Crippen LogP contribution in [-0.2, 0) is 9.59 Å². The SMILES string of the molecule is CCC(CC#N)NC(=O)C=CC(=O)O. The lowest BCUT2D eigenvalue weighted by Crippen LogP contribution is -2.32. The number of amides is 1. The molecule has 0 rings (SSSR count). The number of carboxylic acid groups (broad SMARTS) is 1. The van der Waals surface area contributed by atoms with Crippen LogP contribution < -0.4 is 5.32 Å². The van der Waals surface area contributed by atoms with Gasteiger partial charge in [0.15, 0.2) is 0 Å². The van der Waals surface area contributed by atoms with E-state index in [9.17, 15) is 9.59 Å². The fourth-order valence-electron chi connectivity index (χ4n) is 0.804. The first-order chi connectivity index (χ1) is 6.60. The van der Waals surface area contributed by atoms with Crippen LogP contribution in [0.1, 0.15) is 19.8 Å². The van der Waals surface area contributed by atoms with Gasteiger partial charge in [-0.25, -0.2) is 4.79 Å². The predicted molar refractivity (Wildman–Crippen MR) is 49.2 cm³/mol. The second-order valence-corrected chi connectivity index (χ2v) is 2.65. The van der Waals surface area contributed by atoms with Crippen molar-refractivity contribution < 1.29 is 14.7 Å². The number of nitriles is 1. The Bertz CT molecular complexity index is 278. The molecule has 0 aliphatic rings. The van der Waals surface area contributed by atoms with Crippen LogP contribution in [-0.4, -0.2) is 23.0 Å². The molecular formula is C9H12N2O3. The minimum Gasteiger partial charge on any atom is -0.478 e. The lowest BCUT2D eigenvalue weighted by Gasteiger charge is -2.10. The van der Waals surface area contributed by atoms with E-state index < -0.39 is 11.9 Å². The third-order valence-corrected chi connectivity index (χ3v) is 1.55. The molecule has 0 aromatic rings. The Kier molecular flexibility index (Phi) is 5.79. The average molecular weight is 196 g/mol. The lowest BCUT2D eigenvalue weighted by atomic mass is 10.1. The van der Waals surface area contributed by atoms with Crippen LogP contribution >= 0.6 is 0 Å². The first-order valence-electron chi connectivity index (χ1n) is 4.18. The number of hydrogen-bond acceptors (Lipinski definition) is 3. The van der Waals surface area contributed by atoms with E-state index in [2.05, 4.69) is 5.32 Å². The van der Waals surface area contributed by atoms with E-state index in [-0.39, 0.29) is 12.5 Å². The first kappa shape index (κ1) is 12.2. The second-order valence-electron chi connectivity index (χ2n) is 2.65. The zero-order valence-electron chi connectivity index (χ0n) is 7.86. The standard InChI is InChI=1S/C9H12N2O3/c1-2-7(5-6-10)11-8(12)3-4-9(13)14/h3-4,7H,2,5H2,1H3,(H,11,12)(H,13,14). The Labute approximate surface area is 82.0 Å². The summed E-state index contributed by atoms with van der Waals surface area (Å²) in [6.45, 7) is 1.84. The fourth-order valence-corrected chi connectivity index (χ4v) is 0.804. The number of aliphatic carboxylic acids is 1. The maximum absolute atomic E-state index is 11.0. The Morgan fingerprint density at radius 2 is 2.21 bits per heavy atom. The van der Waals surface area contributed by atoms with Crippen molar-refractivity contribution in [3.8, 4) is 6.07 Å². The fraction of sp³-hybridized carbons (Fsp3) is 0.444. The maximum atomic E-state index is 11.0. The number of nitrogens with one attached hydrogen (secondary N) is 1. The average Bonchev–Trinajstić information content (AvgIpc) is 2.14. The van der Waals surface area contributed by atoms with E-state index in [1.165, 1.54) is 0 Å². The van der Waals surface area contributed by atoms with Crippen LogP contribution in [0.5, 0.6) is 0 Å². The van der Waals surface area contributed by atoms with Crippen molar-refractivity contribution in [2.75, 3.05) is 0 Å². The van der Waals surface area contributed by atoms with Gasteiger partial charge in [0.25, 0.3) is 0 Å². The third-order valence-electron chi connectivity index (χ3n) is 1.55. The largest absolute Gasteiger partial charge is 0.478 e. The summed E-state index contributed by atoms with van der Waals surface area (Å²) in [5.41, 5.74) is 0. The van der Waals surface area contributed by atoms with Gasteiger partial charge >= 0.3 is 5.97 Å². The molecule has 1 unspecified atom stereocenters. The molecule has 0 saturated carbocycles. The summed E-state index contributed by atoms with van der Waals surface area (Å²) in [7, 11) is 0. The van der Waals surface area contributed by atoms with Gasteiger partial charge in [0.1, 0.15) is 0 Å². The molecule has 0 aromatic carbocycles. The molecular weight excluding hydrogens is 184 g/mol. The number of carbonyl (C=O) groups excluding carboxylic acids is 1. The smallest absolute Gasteiger partial charge is 0.328 e. The van der Waals surface area contributed by atoms with Crippen molar-refractivity contribution in [1.29, 1.82) is 5.26 Å². The van der Waals surface area contributed by atoms with Crippen LogP contribution in [0.4, 0.5) is 0 Å². The Morgan fingerprint density at radius 1 is 1.57 bits per heavy atom. The third kappa shape index (κ3) is 5.77. The number of hydrogen-bond donors (Lipinski definition) is 2. The lowest BCUT2D eigenvalue weighted by molar-refractivity contribution is -0.131. The Hall–Kier alpha value is -1.83. The molecule has 0 fully saturated rings. The van der Waals surface area contributed by atoms with Gasteiger partial charge in [-0.15, -0.1) is 0 Å². The Balaban J connectivity index is 4.04. The zero-order valence-corrected chi connectivity index (χ0v) is 7.86. The van der Waals surface area contributed by atoms with E-state index in [1.807, 2.05) is 13.0 Å². The molecule has 0 bridgehead atoms. The topological polar surface area (TPSA) is 90.2 Å². The first-order valence-corrected chi connectivity index (χ1v) is 4.18. The van der Waals surface area contributed by atoms with Crippen molar-refractivity contribution in [3.63, 3.8) is 0 Å². The number of nitrogens with zero attached hydrogens (tertiary/aromatic N) is 1. The molecule has 0 aromatic heterocycles. The van der Waals surface area contributed by atoms with Crippen molar-refractivity contribution in [2.45, 2.75) is 25.8 Å². The molecule has 2 N–H and O–H groups in total. The van der Waals surface area contributed by atoms with Crippen LogP contribution in [0.25, 0.3) is 0 Å². The van der Waals surface area contributed by atoms with E-state index in [4.69, 9.17) is 10.4 Å². The Morgan fingerprint density at radius 3 is 2.64 bits per heavy atom. The molecule has 5 nitrogen and oxygen atoms in total. The molecule has 0 aliphatic heterocycles. The van der Waals surface area contributed by atoms with Crippen molar-refractivity contribution in [3.05, 3.63) is 12.2 Å². The van der Waals surface area contributed by atoms with Gasteiger partial charge < -0.3 is 10.4 Å². The minimum atomic E-state index is -1.17. The highest BCUT2D eigenvalue weighted by molar-refractivity contribution is 5.93. The maximum Gasteiger partial charge on any atom is 0.328 e. The summed E-state index contributed by atoms with van der Waals surface area (Å²) < 4.78 is 0. The quantitative estimate of drug-likeness (QED) is 0.624.